The molecule has 0 bridgehead atoms. The third-order valence-electron chi connectivity index (χ3n) is 2.85. The number of carbonyl (C=O) groups is 1. The van der Waals surface area contributed by atoms with Crippen molar-refractivity contribution < 1.29 is 18.0 Å². The Hall–Kier alpha value is -2.19. The first-order chi connectivity index (χ1) is 9.71. The lowest BCUT2D eigenvalue weighted by molar-refractivity contribution is -0.140. The number of carbonyl (C=O) groups excluding carboxylic acids is 1. The van der Waals surface area contributed by atoms with Gasteiger partial charge >= 0.3 is 6.18 Å². The lowest BCUT2D eigenvalue weighted by Gasteiger charge is -2.20. The molecular formula is C12H14F3N5O. The minimum absolute atomic E-state index is 0.0840. The first-order valence-electron chi connectivity index (χ1n) is 6.28. The third kappa shape index (κ3) is 3.29. The van der Waals surface area contributed by atoms with Crippen LogP contribution in [0.1, 0.15) is 28.9 Å². The van der Waals surface area contributed by atoms with Gasteiger partial charge < -0.3 is 4.90 Å². The molecule has 2 heterocycles. The molecule has 0 spiro atoms. The van der Waals surface area contributed by atoms with E-state index in [1.54, 1.807) is 19.9 Å². The Morgan fingerprint density at radius 2 is 2.00 bits per heavy atom. The minimum atomic E-state index is -4.46. The quantitative estimate of drug-likeness (QED) is 0.866. The number of aryl methyl sites for hydroxylation is 2. The maximum Gasteiger partial charge on any atom is 0.406 e. The van der Waals surface area contributed by atoms with E-state index in [1.165, 1.54) is 11.4 Å². The monoisotopic (exact) mass is 301 g/mol. The van der Waals surface area contributed by atoms with Crippen molar-refractivity contribution in [1.29, 1.82) is 0 Å². The Bertz CT molecular complexity index is 679. The van der Waals surface area contributed by atoms with Gasteiger partial charge in [0.05, 0.1) is 0 Å². The number of fused-ring (bicyclic) bond motifs is 1. The van der Waals surface area contributed by atoms with Gasteiger partial charge in [-0.05, 0) is 26.8 Å². The molecule has 0 aliphatic rings. The molecule has 0 fully saturated rings. The first kappa shape index (κ1) is 15.2. The molecule has 0 atom stereocenters. The van der Waals surface area contributed by atoms with E-state index in [0.29, 0.717) is 16.3 Å². The number of hydrogen-bond acceptors (Lipinski definition) is 4. The van der Waals surface area contributed by atoms with E-state index in [9.17, 15) is 18.0 Å². The van der Waals surface area contributed by atoms with Gasteiger partial charge in [-0.15, -0.1) is 5.10 Å². The van der Waals surface area contributed by atoms with Crippen LogP contribution < -0.4 is 0 Å². The molecular weight excluding hydrogens is 287 g/mol. The summed E-state index contributed by atoms with van der Waals surface area (Å²) in [5.41, 5.74) is 1.39. The normalized spacial score (nSPS) is 11.9. The SMILES string of the molecule is CCN(CC(F)(F)F)C(=O)c1nc2nc(C)cc(C)n2n1. The highest BCUT2D eigenvalue weighted by molar-refractivity contribution is 5.90. The fraction of sp³-hybridized carbons (Fsp3) is 0.500. The molecule has 2 aromatic heterocycles. The maximum atomic E-state index is 12.4. The van der Waals surface area contributed by atoms with Gasteiger partial charge in [0, 0.05) is 17.9 Å². The summed E-state index contributed by atoms with van der Waals surface area (Å²) in [6.45, 7) is 3.55. The van der Waals surface area contributed by atoms with Crippen LogP contribution >= 0.6 is 0 Å². The molecule has 0 unspecified atom stereocenters. The zero-order valence-corrected chi connectivity index (χ0v) is 11.8. The van der Waals surface area contributed by atoms with Gasteiger partial charge in [0.25, 0.3) is 11.7 Å². The molecule has 2 rings (SSSR count). The van der Waals surface area contributed by atoms with E-state index in [2.05, 4.69) is 15.1 Å². The molecule has 0 saturated heterocycles. The van der Waals surface area contributed by atoms with Crippen molar-refractivity contribution in [1.82, 2.24) is 24.5 Å². The highest BCUT2D eigenvalue weighted by atomic mass is 19.4. The van der Waals surface area contributed by atoms with Gasteiger partial charge in [-0.25, -0.2) is 9.50 Å². The van der Waals surface area contributed by atoms with Gasteiger partial charge in [-0.3, -0.25) is 4.79 Å². The van der Waals surface area contributed by atoms with Crippen LogP contribution in [0.4, 0.5) is 13.2 Å². The maximum absolute atomic E-state index is 12.4. The number of nitrogens with zero attached hydrogens (tertiary/aromatic N) is 5. The topological polar surface area (TPSA) is 63.4 Å². The van der Waals surface area contributed by atoms with E-state index < -0.39 is 18.6 Å². The summed E-state index contributed by atoms with van der Waals surface area (Å²) < 4.78 is 38.6. The molecule has 0 radical (unpaired) electrons. The zero-order valence-electron chi connectivity index (χ0n) is 11.8. The van der Waals surface area contributed by atoms with Crippen LogP contribution in [-0.2, 0) is 0 Å². The number of rotatable bonds is 3. The van der Waals surface area contributed by atoms with Crippen molar-refractivity contribution in [3.63, 3.8) is 0 Å². The van der Waals surface area contributed by atoms with E-state index in [0.717, 1.165) is 0 Å². The lowest BCUT2D eigenvalue weighted by Crippen LogP contribution is -2.39. The van der Waals surface area contributed by atoms with E-state index in [1.807, 2.05) is 0 Å². The molecule has 1 amide bonds. The summed E-state index contributed by atoms with van der Waals surface area (Å²) in [5.74, 6) is -0.960. The van der Waals surface area contributed by atoms with Gasteiger partial charge in [0.2, 0.25) is 5.82 Å². The summed E-state index contributed by atoms with van der Waals surface area (Å²) in [6.07, 6.45) is -4.46. The highest BCUT2D eigenvalue weighted by Crippen LogP contribution is 2.17. The summed E-state index contributed by atoms with van der Waals surface area (Å²) in [5, 5.41) is 3.94. The Kier molecular flexibility index (Phi) is 3.84. The molecule has 0 saturated carbocycles. The van der Waals surface area contributed by atoms with E-state index in [-0.39, 0.29) is 18.1 Å². The molecule has 0 N–H and O–H groups in total. The lowest BCUT2D eigenvalue weighted by atomic mass is 10.4. The summed E-state index contributed by atoms with van der Waals surface area (Å²) >= 11 is 0. The minimum Gasteiger partial charge on any atom is -0.327 e. The smallest absolute Gasteiger partial charge is 0.327 e. The van der Waals surface area contributed by atoms with E-state index in [4.69, 9.17) is 0 Å². The molecule has 9 heteroatoms. The standard InChI is InChI=1S/C12H14F3N5O/c1-4-19(6-12(13,14)15)10(21)9-17-11-16-7(2)5-8(3)20(11)18-9/h5H,4,6H2,1-3H3. The van der Waals surface area contributed by atoms with Gasteiger partial charge in [-0.1, -0.05) is 0 Å². The van der Waals surface area contributed by atoms with Gasteiger partial charge in [-0.2, -0.15) is 18.2 Å². The Morgan fingerprint density at radius 3 is 2.57 bits per heavy atom. The molecule has 0 aliphatic carbocycles. The predicted molar refractivity (Wildman–Crippen MR) is 67.9 cm³/mol. The van der Waals surface area contributed by atoms with Crippen LogP contribution in [0.25, 0.3) is 5.78 Å². The second kappa shape index (κ2) is 5.30. The average molecular weight is 301 g/mol. The number of aromatic nitrogens is 4. The molecule has 0 aromatic carbocycles. The second-order valence-corrected chi connectivity index (χ2v) is 4.62. The predicted octanol–water partition coefficient (Wildman–Crippen LogP) is 1.77. The number of amides is 1. The Morgan fingerprint density at radius 1 is 1.33 bits per heavy atom. The Labute approximate surface area is 118 Å². The van der Waals surface area contributed by atoms with Crippen molar-refractivity contribution in [2.24, 2.45) is 0 Å². The molecule has 0 aliphatic heterocycles. The van der Waals surface area contributed by atoms with Gasteiger partial charge in [0.15, 0.2) is 0 Å². The Balaban J connectivity index is 2.36. The summed E-state index contributed by atoms with van der Waals surface area (Å²) in [4.78, 5) is 20.7. The summed E-state index contributed by atoms with van der Waals surface area (Å²) in [7, 11) is 0. The largest absolute Gasteiger partial charge is 0.406 e. The average Bonchev–Trinajstić information content (AvgIpc) is 2.78. The number of hydrogen-bond donors (Lipinski definition) is 0. The first-order valence-corrected chi connectivity index (χ1v) is 6.28. The van der Waals surface area contributed by atoms with Crippen LogP contribution in [0.5, 0.6) is 0 Å². The van der Waals surface area contributed by atoms with Crippen LogP contribution in [0.3, 0.4) is 0 Å². The van der Waals surface area contributed by atoms with Gasteiger partial charge in [0.1, 0.15) is 6.54 Å². The highest BCUT2D eigenvalue weighted by Gasteiger charge is 2.33. The van der Waals surface area contributed by atoms with Crippen LogP contribution in [-0.4, -0.2) is 49.7 Å². The molecule has 114 valence electrons. The van der Waals surface area contributed by atoms with Crippen molar-refractivity contribution in [3.05, 3.63) is 23.3 Å². The molecule has 6 nitrogen and oxygen atoms in total. The number of alkyl halides is 3. The van der Waals surface area contributed by atoms with Crippen LogP contribution in [0.15, 0.2) is 6.07 Å². The van der Waals surface area contributed by atoms with Crippen molar-refractivity contribution >= 4 is 11.7 Å². The zero-order chi connectivity index (χ0) is 15.8. The van der Waals surface area contributed by atoms with Crippen molar-refractivity contribution in [2.45, 2.75) is 26.9 Å². The number of halogens is 3. The fourth-order valence-corrected chi connectivity index (χ4v) is 1.94. The van der Waals surface area contributed by atoms with Crippen molar-refractivity contribution in [2.75, 3.05) is 13.1 Å². The van der Waals surface area contributed by atoms with Crippen LogP contribution in [0.2, 0.25) is 0 Å². The van der Waals surface area contributed by atoms with Crippen molar-refractivity contribution in [3.8, 4) is 0 Å². The third-order valence-corrected chi connectivity index (χ3v) is 2.85. The van der Waals surface area contributed by atoms with E-state index >= 15 is 0 Å². The molecule has 2 aromatic rings. The molecule has 21 heavy (non-hydrogen) atoms. The second-order valence-electron chi connectivity index (χ2n) is 4.62. The summed E-state index contributed by atoms with van der Waals surface area (Å²) in [6, 6.07) is 1.74. The fourth-order valence-electron chi connectivity index (χ4n) is 1.94. The van der Waals surface area contributed by atoms with Crippen LogP contribution in [0, 0.1) is 13.8 Å².